The number of hydrogen-bond donors (Lipinski definition) is 0. The lowest BCUT2D eigenvalue weighted by Gasteiger charge is -2.20. The number of benzene rings is 3. The molecule has 0 heterocycles. The highest BCUT2D eigenvalue weighted by Crippen LogP contribution is 2.36. The van der Waals surface area contributed by atoms with E-state index in [1.165, 1.54) is 5.56 Å². The van der Waals surface area contributed by atoms with Crippen LogP contribution < -0.4 is 0 Å². The Balaban J connectivity index is 2.15. The molecule has 0 radical (unpaired) electrons. The van der Waals surface area contributed by atoms with E-state index in [1.807, 2.05) is 30.3 Å². The Morgan fingerprint density at radius 2 is 1.42 bits per heavy atom. The number of rotatable bonds is 3. The van der Waals surface area contributed by atoms with Crippen molar-refractivity contribution >= 4 is 21.7 Å². The van der Waals surface area contributed by atoms with Crippen LogP contribution in [0, 0.1) is 0 Å². The molecule has 0 saturated heterocycles. The number of Topliss-reactive ketones (excluding diaryl/α,β-unsaturated/α-hetero) is 1. The molecule has 0 aliphatic heterocycles. The predicted molar refractivity (Wildman–Crippen MR) is 114 cm³/mol. The van der Waals surface area contributed by atoms with Crippen LogP contribution in [0.2, 0.25) is 0 Å². The van der Waals surface area contributed by atoms with Gasteiger partial charge < -0.3 is 0 Å². The van der Waals surface area contributed by atoms with Crippen LogP contribution in [0.3, 0.4) is 0 Å². The fourth-order valence-electron chi connectivity index (χ4n) is 3.16. The Hall–Kier alpha value is -2.19. The summed E-state index contributed by atoms with van der Waals surface area (Å²) in [6.45, 7) is 8.27. The molecule has 0 saturated carbocycles. The van der Waals surface area contributed by atoms with Crippen LogP contribution in [0.4, 0.5) is 0 Å². The molecule has 2 heteroatoms. The van der Waals surface area contributed by atoms with Crippen LogP contribution in [-0.2, 0) is 5.41 Å². The number of carbonyl (C=O) groups is 1. The van der Waals surface area contributed by atoms with Gasteiger partial charge in [-0.05, 0) is 52.3 Å². The van der Waals surface area contributed by atoms with Crippen molar-refractivity contribution in [1.82, 2.24) is 0 Å². The first-order valence-corrected chi connectivity index (χ1v) is 9.57. The van der Waals surface area contributed by atoms with Crippen LogP contribution >= 0.6 is 15.9 Å². The Labute approximate surface area is 164 Å². The summed E-state index contributed by atoms with van der Waals surface area (Å²) in [6.07, 6.45) is 0. The van der Waals surface area contributed by atoms with E-state index in [1.54, 1.807) is 6.92 Å². The Morgan fingerprint density at radius 3 is 2.00 bits per heavy atom. The molecule has 0 fully saturated rings. The van der Waals surface area contributed by atoms with E-state index in [4.69, 9.17) is 0 Å². The van der Waals surface area contributed by atoms with Crippen LogP contribution in [-0.4, -0.2) is 5.78 Å². The van der Waals surface area contributed by atoms with Crippen molar-refractivity contribution < 1.29 is 4.79 Å². The van der Waals surface area contributed by atoms with E-state index in [9.17, 15) is 4.79 Å². The Bertz CT molecular complexity index is 947. The first-order valence-electron chi connectivity index (χ1n) is 8.78. The highest BCUT2D eigenvalue weighted by Gasteiger charge is 2.16. The molecule has 3 rings (SSSR count). The van der Waals surface area contributed by atoms with Gasteiger partial charge in [0.15, 0.2) is 5.78 Å². The molecule has 0 unspecified atom stereocenters. The maximum Gasteiger partial charge on any atom is 0.160 e. The lowest BCUT2D eigenvalue weighted by Crippen LogP contribution is -2.10. The SMILES string of the molecule is CC(=O)c1cc(Br)ccc1-c1ccccc1-c1ccc(C(C)(C)C)cc1. The maximum atomic E-state index is 12.2. The molecule has 26 heavy (non-hydrogen) atoms. The molecule has 0 aliphatic carbocycles. The van der Waals surface area contributed by atoms with Gasteiger partial charge in [0.25, 0.3) is 0 Å². The van der Waals surface area contributed by atoms with Crippen molar-refractivity contribution in [2.75, 3.05) is 0 Å². The van der Waals surface area contributed by atoms with Crippen molar-refractivity contribution in [2.45, 2.75) is 33.1 Å². The third-order valence-electron chi connectivity index (χ3n) is 4.64. The third-order valence-corrected chi connectivity index (χ3v) is 5.13. The van der Waals surface area contributed by atoms with Gasteiger partial charge in [-0.2, -0.15) is 0 Å². The minimum absolute atomic E-state index is 0.0687. The number of ketones is 1. The van der Waals surface area contributed by atoms with Crippen molar-refractivity contribution in [3.8, 4) is 22.3 Å². The lowest BCUT2D eigenvalue weighted by atomic mass is 9.85. The molecular weight excluding hydrogens is 384 g/mol. The standard InChI is InChI=1S/C24H23BrO/c1-16(26)23-15-19(25)13-14-22(23)21-8-6-5-7-20(21)17-9-11-18(12-10-17)24(2,3)4/h5-15H,1-4H3. The Morgan fingerprint density at radius 1 is 0.808 bits per heavy atom. The zero-order valence-corrected chi connectivity index (χ0v) is 17.2. The van der Waals surface area contributed by atoms with Gasteiger partial charge in [-0.1, -0.05) is 91.3 Å². The van der Waals surface area contributed by atoms with Crippen molar-refractivity contribution in [2.24, 2.45) is 0 Å². The third kappa shape index (κ3) is 3.81. The van der Waals surface area contributed by atoms with Crippen LogP contribution in [0.5, 0.6) is 0 Å². The van der Waals surface area contributed by atoms with Gasteiger partial charge in [0.2, 0.25) is 0 Å². The first kappa shape index (κ1) is 18.6. The molecule has 132 valence electrons. The van der Waals surface area contributed by atoms with Gasteiger partial charge in [-0.15, -0.1) is 0 Å². The minimum Gasteiger partial charge on any atom is -0.294 e. The molecule has 0 bridgehead atoms. The van der Waals surface area contributed by atoms with E-state index >= 15 is 0 Å². The molecule has 3 aromatic carbocycles. The van der Waals surface area contributed by atoms with Gasteiger partial charge in [0, 0.05) is 10.0 Å². The van der Waals surface area contributed by atoms with Crippen molar-refractivity contribution in [3.63, 3.8) is 0 Å². The second-order valence-electron chi connectivity index (χ2n) is 7.62. The normalized spacial score (nSPS) is 11.4. The van der Waals surface area contributed by atoms with Crippen LogP contribution in [0.1, 0.15) is 43.6 Å². The van der Waals surface area contributed by atoms with E-state index in [-0.39, 0.29) is 11.2 Å². The molecule has 1 nitrogen and oxygen atoms in total. The monoisotopic (exact) mass is 406 g/mol. The predicted octanol–water partition coefficient (Wildman–Crippen LogP) is 7.28. The summed E-state index contributed by atoms with van der Waals surface area (Å²) in [7, 11) is 0. The summed E-state index contributed by atoms with van der Waals surface area (Å²) < 4.78 is 0.915. The molecule has 0 amide bonds. The smallest absolute Gasteiger partial charge is 0.160 e. The molecule has 0 aliphatic rings. The highest BCUT2D eigenvalue weighted by atomic mass is 79.9. The summed E-state index contributed by atoms with van der Waals surface area (Å²) in [4.78, 5) is 12.2. The fraction of sp³-hybridized carbons (Fsp3) is 0.208. The Kier molecular flexibility index (Phi) is 5.15. The van der Waals surface area contributed by atoms with Gasteiger partial charge in [0.05, 0.1) is 0 Å². The summed E-state index contributed by atoms with van der Waals surface area (Å²) in [5, 5.41) is 0. The molecule has 0 spiro atoms. The zero-order chi connectivity index (χ0) is 18.9. The molecule has 0 aromatic heterocycles. The molecule has 0 N–H and O–H groups in total. The molecular formula is C24H23BrO. The zero-order valence-electron chi connectivity index (χ0n) is 15.6. The van der Waals surface area contributed by atoms with Crippen molar-refractivity contribution in [3.05, 3.63) is 82.3 Å². The lowest BCUT2D eigenvalue weighted by molar-refractivity contribution is 0.101. The number of carbonyl (C=O) groups excluding carboxylic acids is 1. The van der Waals surface area contributed by atoms with Crippen LogP contribution in [0.25, 0.3) is 22.3 Å². The second kappa shape index (κ2) is 7.20. The topological polar surface area (TPSA) is 17.1 Å². The largest absolute Gasteiger partial charge is 0.294 e. The van der Waals surface area contributed by atoms with E-state index < -0.39 is 0 Å². The summed E-state index contributed by atoms with van der Waals surface area (Å²) >= 11 is 3.47. The second-order valence-corrected chi connectivity index (χ2v) is 8.53. The average Bonchev–Trinajstić information content (AvgIpc) is 2.61. The summed E-state index contributed by atoms with van der Waals surface area (Å²) in [5.41, 5.74) is 6.52. The van der Waals surface area contributed by atoms with E-state index in [0.717, 1.165) is 32.3 Å². The molecule has 0 atom stereocenters. The maximum absolute atomic E-state index is 12.2. The minimum atomic E-state index is 0.0687. The van der Waals surface area contributed by atoms with E-state index in [2.05, 4.69) is 73.1 Å². The highest BCUT2D eigenvalue weighted by molar-refractivity contribution is 9.10. The van der Waals surface area contributed by atoms with Gasteiger partial charge in [0.1, 0.15) is 0 Å². The first-order chi connectivity index (χ1) is 12.3. The summed E-state index contributed by atoms with van der Waals surface area (Å²) in [6, 6.07) is 22.9. The number of hydrogen-bond acceptors (Lipinski definition) is 1. The number of halogens is 1. The van der Waals surface area contributed by atoms with E-state index in [0.29, 0.717) is 0 Å². The average molecular weight is 407 g/mol. The van der Waals surface area contributed by atoms with Crippen molar-refractivity contribution in [1.29, 1.82) is 0 Å². The summed E-state index contributed by atoms with van der Waals surface area (Å²) in [5.74, 6) is 0.0687. The molecule has 3 aromatic rings. The van der Waals surface area contributed by atoms with Gasteiger partial charge in [-0.3, -0.25) is 4.79 Å². The van der Waals surface area contributed by atoms with Gasteiger partial charge >= 0.3 is 0 Å². The fourth-order valence-corrected chi connectivity index (χ4v) is 3.52. The van der Waals surface area contributed by atoms with Crippen LogP contribution in [0.15, 0.2) is 71.2 Å². The van der Waals surface area contributed by atoms with Gasteiger partial charge in [-0.25, -0.2) is 0 Å². The quantitative estimate of drug-likeness (QED) is 0.417.